The number of carbonyl (C=O) groups is 2. The van der Waals surface area contributed by atoms with Gasteiger partial charge in [-0.15, -0.1) is 0 Å². The Morgan fingerprint density at radius 3 is 2.34 bits per heavy atom. The van der Waals surface area contributed by atoms with Crippen LogP contribution in [0.25, 0.3) is 6.08 Å². The molecule has 146 valence electrons. The summed E-state index contributed by atoms with van der Waals surface area (Å²) < 4.78 is 18.5. The minimum absolute atomic E-state index is 0.107. The molecule has 1 heterocycles. The molecule has 0 bridgehead atoms. The van der Waals surface area contributed by atoms with Gasteiger partial charge in [-0.25, -0.2) is 9.37 Å². The lowest BCUT2D eigenvalue weighted by atomic mass is 10.2. The summed E-state index contributed by atoms with van der Waals surface area (Å²) in [6.07, 6.45) is 3.00. The highest BCUT2D eigenvalue weighted by molar-refractivity contribution is 6.08. The SMILES string of the molecule is CC(=O)N/C(=C/c1ccccc1)C(=O)Nc1ccc(Oc2ccc(F)cc2)nc1. The Hall–Kier alpha value is -4.00. The third-order valence-corrected chi connectivity index (χ3v) is 3.70. The minimum atomic E-state index is -0.488. The Morgan fingerprint density at radius 1 is 1.00 bits per heavy atom. The molecular weight excluding hydrogens is 373 g/mol. The number of amides is 2. The molecule has 3 aromatic rings. The van der Waals surface area contributed by atoms with Crippen LogP contribution in [0.5, 0.6) is 11.6 Å². The molecule has 0 fully saturated rings. The molecule has 0 saturated heterocycles. The van der Waals surface area contributed by atoms with Gasteiger partial charge in [0.15, 0.2) is 0 Å². The topological polar surface area (TPSA) is 80.3 Å². The number of halogens is 1. The van der Waals surface area contributed by atoms with Crippen molar-refractivity contribution in [3.63, 3.8) is 0 Å². The highest BCUT2D eigenvalue weighted by Gasteiger charge is 2.12. The number of carbonyl (C=O) groups excluding carboxylic acids is 2. The molecular formula is C22H18FN3O3. The van der Waals surface area contributed by atoms with Gasteiger partial charge in [-0.05, 0) is 42.0 Å². The first-order valence-electron chi connectivity index (χ1n) is 8.75. The van der Waals surface area contributed by atoms with Crippen LogP contribution in [0, 0.1) is 5.82 Å². The van der Waals surface area contributed by atoms with Crippen molar-refractivity contribution in [2.45, 2.75) is 6.92 Å². The fourth-order valence-electron chi connectivity index (χ4n) is 2.40. The predicted molar refractivity (Wildman–Crippen MR) is 108 cm³/mol. The molecule has 29 heavy (non-hydrogen) atoms. The number of aromatic nitrogens is 1. The average Bonchev–Trinajstić information content (AvgIpc) is 2.71. The maximum atomic E-state index is 12.9. The zero-order chi connectivity index (χ0) is 20.6. The van der Waals surface area contributed by atoms with Crippen LogP contribution < -0.4 is 15.4 Å². The Morgan fingerprint density at radius 2 is 1.72 bits per heavy atom. The van der Waals surface area contributed by atoms with Crippen LogP contribution in [-0.4, -0.2) is 16.8 Å². The van der Waals surface area contributed by atoms with Gasteiger partial charge in [0, 0.05) is 13.0 Å². The van der Waals surface area contributed by atoms with Crippen molar-refractivity contribution in [1.82, 2.24) is 10.3 Å². The van der Waals surface area contributed by atoms with E-state index < -0.39 is 5.91 Å². The molecule has 0 saturated carbocycles. The molecule has 0 unspecified atom stereocenters. The van der Waals surface area contributed by atoms with Crippen LogP contribution in [0.4, 0.5) is 10.1 Å². The van der Waals surface area contributed by atoms with Crippen molar-refractivity contribution in [1.29, 1.82) is 0 Å². The van der Waals surface area contributed by atoms with E-state index in [1.54, 1.807) is 18.2 Å². The Labute approximate surface area is 167 Å². The molecule has 0 aliphatic rings. The summed E-state index contributed by atoms with van der Waals surface area (Å²) >= 11 is 0. The molecule has 0 atom stereocenters. The average molecular weight is 391 g/mol. The summed E-state index contributed by atoms with van der Waals surface area (Å²) in [6.45, 7) is 1.33. The van der Waals surface area contributed by atoms with E-state index >= 15 is 0 Å². The summed E-state index contributed by atoms with van der Waals surface area (Å²) in [6, 6.07) is 17.9. The quantitative estimate of drug-likeness (QED) is 0.619. The van der Waals surface area contributed by atoms with Gasteiger partial charge in [0.25, 0.3) is 5.91 Å². The van der Waals surface area contributed by atoms with Crippen LogP contribution in [0.2, 0.25) is 0 Å². The molecule has 0 spiro atoms. The molecule has 0 aliphatic carbocycles. The van der Waals surface area contributed by atoms with E-state index in [1.165, 1.54) is 37.4 Å². The zero-order valence-electron chi connectivity index (χ0n) is 15.6. The second kappa shape index (κ2) is 9.27. The fraction of sp³-hybridized carbons (Fsp3) is 0.0455. The Kier molecular flexibility index (Phi) is 6.32. The second-order valence-corrected chi connectivity index (χ2v) is 6.05. The van der Waals surface area contributed by atoms with Gasteiger partial charge in [0.05, 0.1) is 11.9 Å². The Balaban J connectivity index is 1.70. The summed E-state index contributed by atoms with van der Waals surface area (Å²) in [5.74, 6) is -0.477. The normalized spacial score (nSPS) is 10.9. The largest absolute Gasteiger partial charge is 0.439 e. The van der Waals surface area contributed by atoms with Crippen molar-refractivity contribution < 1.29 is 18.7 Å². The van der Waals surface area contributed by atoms with Crippen LogP contribution in [0.3, 0.4) is 0 Å². The fourth-order valence-corrected chi connectivity index (χ4v) is 2.40. The molecule has 2 amide bonds. The van der Waals surface area contributed by atoms with E-state index in [4.69, 9.17) is 4.74 Å². The van der Waals surface area contributed by atoms with E-state index in [9.17, 15) is 14.0 Å². The number of benzene rings is 2. The van der Waals surface area contributed by atoms with Gasteiger partial charge in [-0.1, -0.05) is 30.3 Å². The molecule has 1 aromatic heterocycles. The van der Waals surface area contributed by atoms with Gasteiger partial charge in [-0.2, -0.15) is 0 Å². The smallest absolute Gasteiger partial charge is 0.272 e. The molecule has 0 radical (unpaired) electrons. The molecule has 0 aliphatic heterocycles. The number of nitrogens with one attached hydrogen (secondary N) is 2. The van der Waals surface area contributed by atoms with E-state index in [2.05, 4.69) is 15.6 Å². The van der Waals surface area contributed by atoms with Gasteiger partial charge >= 0.3 is 0 Å². The van der Waals surface area contributed by atoms with Crippen molar-refractivity contribution >= 4 is 23.6 Å². The number of hydrogen-bond acceptors (Lipinski definition) is 4. The second-order valence-electron chi connectivity index (χ2n) is 6.05. The first-order valence-corrected chi connectivity index (χ1v) is 8.75. The van der Waals surface area contributed by atoms with E-state index in [0.29, 0.717) is 11.4 Å². The number of nitrogens with zero attached hydrogens (tertiary/aromatic N) is 1. The highest BCUT2D eigenvalue weighted by atomic mass is 19.1. The number of rotatable bonds is 6. The summed E-state index contributed by atoms with van der Waals surface area (Å²) in [7, 11) is 0. The van der Waals surface area contributed by atoms with Gasteiger partial charge in [0.2, 0.25) is 11.8 Å². The summed E-state index contributed by atoms with van der Waals surface area (Å²) in [5, 5.41) is 5.21. The van der Waals surface area contributed by atoms with Gasteiger partial charge < -0.3 is 15.4 Å². The molecule has 3 rings (SSSR count). The zero-order valence-corrected chi connectivity index (χ0v) is 15.6. The maximum absolute atomic E-state index is 12.9. The Bertz CT molecular complexity index is 1020. The molecule has 7 heteroatoms. The standard InChI is InChI=1S/C22H18FN3O3/c1-15(27)25-20(13-16-5-3-2-4-6-16)22(28)26-18-9-12-21(24-14-18)29-19-10-7-17(23)8-11-19/h2-14H,1H3,(H,25,27)(H,26,28)/b20-13+. The van der Waals surface area contributed by atoms with Crippen LogP contribution >= 0.6 is 0 Å². The molecule has 2 N–H and O–H groups in total. The van der Waals surface area contributed by atoms with E-state index in [-0.39, 0.29) is 23.3 Å². The number of pyridine rings is 1. The first-order chi connectivity index (χ1) is 14.0. The predicted octanol–water partition coefficient (Wildman–Crippen LogP) is 4.13. The highest BCUT2D eigenvalue weighted by Crippen LogP contribution is 2.21. The van der Waals surface area contributed by atoms with Crippen molar-refractivity contribution in [2.24, 2.45) is 0 Å². The van der Waals surface area contributed by atoms with Crippen LogP contribution in [0.15, 0.2) is 78.6 Å². The van der Waals surface area contributed by atoms with Gasteiger partial charge in [-0.3, -0.25) is 9.59 Å². The molecule has 2 aromatic carbocycles. The number of anilines is 1. The maximum Gasteiger partial charge on any atom is 0.272 e. The lowest BCUT2D eigenvalue weighted by Crippen LogP contribution is -2.29. The number of hydrogen-bond donors (Lipinski definition) is 2. The lowest BCUT2D eigenvalue weighted by molar-refractivity contribution is -0.120. The van der Waals surface area contributed by atoms with Crippen molar-refractivity contribution in [3.8, 4) is 11.6 Å². The van der Waals surface area contributed by atoms with E-state index in [1.807, 2.05) is 30.3 Å². The summed E-state index contributed by atoms with van der Waals surface area (Å²) in [5.41, 5.74) is 1.30. The lowest BCUT2D eigenvalue weighted by Gasteiger charge is -2.10. The van der Waals surface area contributed by atoms with Crippen LogP contribution in [0.1, 0.15) is 12.5 Å². The van der Waals surface area contributed by atoms with Crippen molar-refractivity contribution in [2.75, 3.05) is 5.32 Å². The van der Waals surface area contributed by atoms with E-state index in [0.717, 1.165) is 5.56 Å². The third-order valence-electron chi connectivity index (χ3n) is 3.70. The van der Waals surface area contributed by atoms with Crippen LogP contribution in [-0.2, 0) is 9.59 Å². The number of ether oxygens (including phenoxy) is 1. The van der Waals surface area contributed by atoms with Crippen molar-refractivity contribution in [3.05, 3.63) is 90.0 Å². The summed E-state index contributed by atoms with van der Waals surface area (Å²) in [4.78, 5) is 28.1. The van der Waals surface area contributed by atoms with Gasteiger partial charge in [0.1, 0.15) is 17.3 Å². The first kappa shape index (κ1) is 19.8. The minimum Gasteiger partial charge on any atom is -0.439 e. The monoisotopic (exact) mass is 391 g/mol. The third kappa shape index (κ3) is 6.00. The molecule has 6 nitrogen and oxygen atoms in total.